The highest BCUT2D eigenvalue weighted by Gasteiger charge is 2.29. The molecule has 0 aliphatic rings. The number of aryl methyl sites for hydroxylation is 2. The van der Waals surface area contributed by atoms with Crippen molar-refractivity contribution < 1.29 is 18.0 Å². The first-order valence-electron chi connectivity index (χ1n) is 4.71. The highest BCUT2D eigenvalue weighted by molar-refractivity contribution is 8.00. The lowest BCUT2D eigenvalue weighted by atomic mass is 10.0. The van der Waals surface area contributed by atoms with Crippen LogP contribution in [0.2, 0.25) is 0 Å². The van der Waals surface area contributed by atoms with Crippen LogP contribution in [0.1, 0.15) is 17.5 Å². The third kappa shape index (κ3) is 4.26. The lowest BCUT2D eigenvalue weighted by Crippen LogP contribution is -2.00. The molecule has 1 aromatic rings. The minimum absolute atomic E-state index is 0.131. The van der Waals surface area contributed by atoms with Gasteiger partial charge < -0.3 is 4.79 Å². The highest BCUT2D eigenvalue weighted by Crippen LogP contribution is 2.37. The van der Waals surface area contributed by atoms with Crippen LogP contribution in [0.4, 0.5) is 13.2 Å². The molecule has 0 heterocycles. The molecule has 1 aromatic carbocycles. The van der Waals surface area contributed by atoms with E-state index in [2.05, 4.69) is 0 Å². The van der Waals surface area contributed by atoms with Crippen molar-refractivity contribution in [3.05, 3.63) is 29.3 Å². The SMILES string of the molecule is Cc1ccc(SC(F)(F)F)cc1CCC=O. The van der Waals surface area contributed by atoms with E-state index in [1.54, 1.807) is 6.07 Å². The largest absolute Gasteiger partial charge is 0.446 e. The summed E-state index contributed by atoms with van der Waals surface area (Å²) in [5.74, 6) is 0. The van der Waals surface area contributed by atoms with Crippen LogP contribution in [0.3, 0.4) is 0 Å². The van der Waals surface area contributed by atoms with Gasteiger partial charge in [0.05, 0.1) is 0 Å². The Labute approximate surface area is 96.0 Å². The van der Waals surface area contributed by atoms with Crippen molar-refractivity contribution >= 4 is 18.0 Å². The summed E-state index contributed by atoms with van der Waals surface area (Å²) in [4.78, 5) is 10.4. The van der Waals surface area contributed by atoms with Crippen LogP contribution in [0.15, 0.2) is 23.1 Å². The van der Waals surface area contributed by atoms with E-state index in [9.17, 15) is 18.0 Å². The molecular weight excluding hydrogens is 237 g/mol. The van der Waals surface area contributed by atoms with Crippen molar-refractivity contribution in [1.82, 2.24) is 0 Å². The van der Waals surface area contributed by atoms with Crippen molar-refractivity contribution in [1.29, 1.82) is 0 Å². The number of hydrogen-bond acceptors (Lipinski definition) is 2. The molecule has 0 unspecified atom stereocenters. The Kier molecular flexibility index (Phi) is 4.41. The van der Waals surface area contributed by atoms with E-state index >= 15 is 0 Å². The lowest BCUT2D eigenvalue weighted by molar-refractivity contribution is -0.107. The molecule has 0 bridgehead atoms. The Balaban J connectivity index is 2.84. The first-order chi connectivity index (χ1) is 7.42. The number of halogens is 3. The Morgan fingerprint density at radius 1 is 1.38 bits per heavy atom. The van der Waals surface area contributed by atoms with Crippen LogP contribution in [0.5, 0.6) is 0 Å². The third-order valence-electron chi connectivity index (χ3n) is 2.09. The van der Waals surface area contributed by atoms with Crippen LogP contribution in [0.25, 0.3) is 0 Å². The van der Waals surface area contributed by atoms with E-state index in [1.165, 1.54) is 12.1 Å². The molecule has 0 fully saturated rings. The van der Waals surface area contributed by atoms with Gasteiger partial charge in [0.25, 0.3) is 0 Å². The van der Waals surface area contributed by atoms with Gasteiger partial charge in [0.15, 0.2) is 0 Å². The molecule has 88 valence electrons. The summed E-state index contributed by atoms with van der Waals surface area (Å²) in [7, 11) is 0. The average Bonchev–Trinajstić information content (AvgIpc) is 2.17. The number of benzene rings is 1. The molecule has 0 saturated carbocycles. The molecule has 0 spiro atoms. The first kappa shape index (κ1) is 13.1. The van der Waals surface area contributed by atoms with E-state index in [0.717, 1.165) is 17.4 Å². The van der Waals surface area contributed by atoms with Crippen LogP contribution < -0.4 is 0 Å². The molecule has 1 rings (SSSR count). The van der Waals surface area contributed by atoms with Gasteiger partial charge in [0.1, 0.15) is 6.29 Å². The molecule has 0 N–H and O–H groups in total. The molecule has 16 heavy (non-hydrogen) atoms. The van der Waals surface area contributed by atoms with Gasteiger partial charge in [-0.15, -0.1) is 0 Å². The van der Waals surface area contributed by atoms with Crippen LogP contribution in [0, 0.1) is 6.92 Å². The summed E-state index contributed by atoms with van der Waals surface area (Å²) in [5, 5.41) is 0. The quantitative estimate of drug-likeness (QED) is 0.596. The molecule has 0 aliphatic carbocycles. The van der Waals surface area contributed by atoms with Crippen molar-refractivity contribution in [2.45, 2.75) is 30.2 Å². The van der Waals surface area contributed by atoms with Gasteiger partial charge in [-0.2, -0.15) is 13.2 Å². The topological polar surface area (TPSA) is 17.1 Å². The molecule has 0 radical (unpaired) electrons. The number of alkyl halides is 3. The van der Waals surface area contributed by atoms with Gasteiger partial charge in [-0.1, -0.05) is 6.07 Å². The predicted octanol–water partition coefficient (Wildman–Crippen LogP) is 3.74. The van der Waals surface area contributed by atoms with Gasteiger partial charge in [-0.25, -0.2) is 0 Å². The zero-order chi connectivity index (χ0) is 12.2. The smallest absolute Gasteiger partial charge is 0.303 e. The maximum absolute atomic E-state index is 12.1. The van der Waals surface area contributed by atoms with E-state index in [0.29, 0.717) is 12.8 Å². The minimum atomic E-state index is -4.27. The first-order valence-corrected chi connectivity index (χ1v) is 5.53. The van der Waals surface area contributed by atoms with Gasteiger partial charge in [0.2, 0.25) is 0 Å². The van der Waals surface area contributed by atoms with Crippen LogP contribution in [-0.2, 0) is 11.2 Å². The molecule has 0 saturated heterocycles. The molecule has 0 aromatic heterocycles. The summed E-state index contributed by atoms with van der Waals surface area (Å²) in [6, 6.07) is 4.59. The van der Waals surface area contributed by atoms with E-state index in [1.807, 2.05) is 6.92 Å². The minimum Gasteiger partial charge on any atom is -0.303 e. The molecule has 5 heteroatoms. The number of carbonyl (C=O) groups excluding carboxylic acids is 1. The van der Waals surface area contributed by atoms with Gasteiger partial charge >= 0.3 is 5.51 Å². The molecular formula is C11H11F3OS. The highest BCUT2D eigenvalue weighted by atomic mass is 32.2. The zero-order valence-corrected chi connectivity index (χ0v) is 9.49. The number of aldehydes is 1. The second-order valence-electron chi connectivity index (χ2n) is 3.34. The second kappa shape index (κ2) is 5.39. The molecule has 0 amide bonds. The van der Waals surface area contributed by atoms with Crippen LogP contribution >= 0.6 is 11.8 Å². The summed E-state index contributed by atoms with van der Waals surface area (Å²) >= 11 is -0.131. The van der Waals surface area contributed by atoms with Gasteiger partial charge in [-0.3, -0.25) is 0 Å². The Morgan fingerprint density at radius 2 is 2.06 bits per heavy atom. The normalized spacial score (nSPS) is 11.5. The molecule has 1 nitrogen and oxygen atoms in total. The standard InChI is InChI=1S/C11H11F3OS/c1-8-4-5-10(16-11(12,13)14)7-9(8)3-2-6-15/h4-7H,2-3H2,1H3. The summed E-state index contributed by atoms with van der Waals surface area (Å²) in [5.41, 5.74) is -2.56. The van der Waals surface area contributed by atoms with Crippen molar-refractivity contribution in [3.63, 3.8) is 0 Å². The lowest BCUT2D eigenvalue weighted by Gasteiger charge is -2.09. The van der Waals surface area contributed by atoms with Crippen molar-refractivity contribution in [3.8, 4) is 0 Å². The fourth-order valence-electron chi connectivity index (χ4n) is 1.33. The van der Waals surface area contributed by atoms with Gasteiger partial charge in [-0.05, 0) is 48.4 Å². The summed E-state index contributed by atoms with van der Waals surface area (Å²) < 4.78 is 36.4. The Hall–Kier alpha value is -0.970. The molecule has 0 atom stereocenters. The van der Waals surface area contributed by atoms with E-state index in [4.69, 9.17) is 0 Å². The maximum Gasteiger partial charge on any atom is 0.446 e. The predicted molar refractivity (Wildman–Crippen MR) is 57.5 cm³/mol. The van der Waals surface area contributed by atoms with Crippen LogP contribution in [-0.4, -0.2) is 11.8 Å². The third-order valence-corrected chi connectivity index (χ3v) is 2.81. The number of carbonyl (C=O) groups is 1. The van der Waals surface area contributed by atoms with Crippen molar-refractivity contribution in [2.75, 3.05) is 0 Å². The van der Waals surface area contributed by atoms with E-state index in [-0.39, 0.29) is 16.7 Å². The number of rotatable bonds is 4. The fraction of sp³-hybridized carbons (Fsp3) is 0.364. The molecule has 0 aliphatic heterocycles. The number of thioether (sulfide) groups is 1. The van der Waals surface area contributed by atoms with Gasteiger partial charge in [0, 0.05) is 11.3 Å². The Morgan fingerprint density at radius 3 is 2.62 bits per heavy atom. The monoisotopic (exact) mass is 248 g/mol. The fourth-order valence-corrected chi connectivity index (χ4v) is 1.93. The number of hydrogen-bond donors (Lipinski definition) is 0. The summed E-state index contributed by atoms with van der Waals surface area (Å²) in [6.07, 6.45) is 1.59. The Bertz CT molecular complexity index is 374. The summed E-state index contributed by atoms with van der Waals surface area (Å²) in [6.45, 7) is 1.82. The maximum atomic E-state index is 12.1. The second-order valence-corrected chi connectivity index (χ2v) is 4.48. The zero-order valence-electron chi connectivity index (χ0n) is 8.67. The van der Waals surface area contributed by atoms with E-state index < -0.39 is 5.51 Å². The average molecular weight is 248 g/mol. The van der Waals surface area contributed by atoms with Crippen molar-refractivity contribution in [2.24, 2.45) is 0 Å².